The Balaban J connectivity index is 1.09. The van der Waals surface area contributed by atoms with E-state index in [-0.39, 0.29) is 35.7 Å². The van der Waals surface area contributed by atoms with E-state index in [9.17, 15) is 19.2 Å². The van der Waals surface area contributed by atoms with Gasteiger partial charge in [0, 0.05) is 24.7 Å². The van der Waals surface area contributed by atoms with Gasteiger partial charge >= 0.3 is 12.2 Å². The molecule has 4 aromatic heterocycles. The van der Waals surface area contributed by atoms with Crippen LogP contribution in [0.5, 0.6) is 0 Å². The Morgan fingerprint density at radius 3 is 1.84 bits per heavy atom. The summed E-state index contributed by atoms with van der Waals surface area (Å²) in [6.07, 6.45) is 5.21. The van der Waals surface area contributed by atoms with Gasteiger partial charge in [-0.15, -0.1) is 0 Å². The molecule has 55 heavy (non-hydrogen) atoms. The summed E-state index contributed by atoms with van der Waals surface area (Å²) in [5.74, 6) is 1.17. The number of H-pyrrole nitrogens is 2. The number of aromatic amines is 2. The summed E-state index contributed by atoms with van der Waals surface area (Å²) >= 11 is 0. The Kier molecular flexibility index (Phi) is 10.4. The van der Waals surface area contributed by atoms with Crippen LogP contribution in [-0.2, 0) is 19.1 Å². The molecular weight excluding hydrogens is 708 g/mol. The zero-order chi connectivity index (χ0) is 39.0. The molecule has 2 saturated heterocycles. The van der Waals surface area contributed by atoms with Crippen molar-refractivity contribution in [1.82, 2.24) is 50.3 Å². The first-order chi connectivity index (χ1) is 26.4. The lowest BCUT2D eigenvalue weighted by molar-refractivity contribution is -0.136. The van der Waals surface area contributed by atoms with Crippen LogP contribution < -0.4 is 10.6 Å². The minimum absolute atomic E-state index is 0.130. The minimum Gasteiger partial charge on any atom is -0.453 e. The first-order valence-corrected chi connectivity index (χ1v) is 18.6. The van der Waals surface area contributed by atoms with Crippen LogP contribution in [0.4, 0.5) is 9.59 Å². The van der Waals surface area contributed by atoms with Gasteiger partial charge in [0.15, 0.2) is 5.76 Å². The first-order valence-electron chi connectivity index (χ1n) is 18.6. The van der Waals surface area contributed by atoms with Gasteiger partial charge in [0.2, 0.25) is 17.5 Å². The number of nitrogens with zero attached hydrogens (tertiary/aromatic N) is 6. The minimum atomic E-state index is -0.728. The third kappa shape index (κ3) is 7.42. The number of ether oxygens (including phenoxy) is 2. The van der Waals surface area contributed by atoms with Crippen LogP contribution in [0.25, 0.3) is 45.0 Å². The Bertz CT molecular complexity index is 2130. The molecule has 2 aliphatic heterocycles. The molecule has 0 radical (unpaired) electrons. The fraction of sp³-hybridized carbons (Fsp3) is 0.474. The number of fused-ring (bicyclic) bond motifs is 2. The number of carbonyl (C=O) groups excluding carboxylic acids is 4. The van der Waals surface area contributed by atoms with Crippen LogP contribution in [0.2, 0.25) is 0 Å². The molecule has 290 valence electrons. The lowest BCUT2D eigenvalue weighted by Gasteiger charge is -2.30. The number of alkyl carbamates (subject to hydrolysis) is 2. The molecule has 1 aromatic carbocycles. The van der Waals surface area contributed by atoms with Gasteiger partial charge in [0.25, 0.3) is 0 Å². The predicted octanol–water partition coefficient (Wildman–Crippen LogP) is 5.24. The summed E-state index contributed by atoms with van der Waals surface area (Å²) in [6, 6.07) is 5.55. The summed E-state index contributed by atoms with van der Waals surface area (Å²) in [6.45, 7) is 8.63. The second-order valence-corrected chi connectivity index (χ2v) is 14.7. The molecule has 7 rings (SSSR count). The Morgan fingerprint density at radius 1 is 0.745 bits per heavy atom. The Labute approximate surface area is 317 Å². The van der Waals surface area contributed by atoms with Crippen molar-refractivity contribution in [3.8, 4) is 22.7 Å². The van der Waals surface area contributed by atoms with Gasteiger partial charge in [0.05, 0.1) is 55.4 Å². The summed E-state index contributed by atoms with van der Waals surface area (Å²) in [5, 5.41) is 5.36. The molecule has 6 heterocycles. The predicted molar refractivity (Wildman–Crippen MR) is 200 cm³/mol. The van der Waals surface area contributed by atoms with Gasteiger partial charge in [-0.25, -0.2) is 29.5 Å². The third-order valence-electron chi connectivity index (χ3n) is 10.4. The van der Waals surface area contributed by atoms with Crippen molar-refractivity contribution in [3.63, 3.8) is 0 Å². The maximum Gasteiger partial charge on any atom is 0.407 e. The standard InChI is InChI=1S/C38H46N10O7/c1-19(2)30(45-37(51)53-5)35(49)47-13-7-9-27(47)32-39-17-25(42-32)21-11-12-22-23(15-21)44-34-24(41-22)16-29(55-34)26-18-40-33(43-26)28-10-8-14-48(28)36(50)31(20(3)4)46-38(52)54-6/h11-12,15-20,27-28,30-31H,7-10,13-14H2,1-6H3,(H,39,42)(H,40,43)(H,45,51)(H,46,52)/t27-,28-,30-,31-/m0/s1. The molecule has 0 saturated carbocycles. The van der Waals surface area contributed by atoms with E-state index in [4.69, 9.17) is 23.9 Å². The number of hydrogen-bond acceptors (Lipinski definition) is 11. The quantitative estimate of drug-likeness (QED) is 0.145. The first kappa shape index (κ1) is 37.3. The highest BCUT2D eigenvalue weighted by atomic mass is 16.5. The van der Waals surface area contributed by atoms with Gasteiger partial charge in [-0.05, 0) is 49.7 Å². The summed E-state index contributed by atoms with van der Waals surface area (Å²) in [7, 11) is 2.55. The van der Waals surface area contributed by atoms with Gasteiger partial charge in [-0.3, -0.25) is 9.59 Å². The van der Waals surface area contributed by atoms with Crippen LogP contribution in [0.1, 0.15) is 77.1 Å². The van der Waals surface area contributed by atoms with Crippen molar-refractivity contribution in [2.45, 2.75) is 77.5 Å². The largest absolute Gasteiger partial charge is 0.453 e. The molecule has 2 fully saturated rings. The Morgan fingerprint density at radius 2 is 1.29 bits per heavy atom. The number of likely N-dealkylation sites (tertiary alicyclic amines) is 2. The Hall–Kier alpha value is -6.00. The van der Waals surface area contributed by atoms with Gasteiger partial charge in [0.1, 0.15) is 34.9 Å². The van der Waals surface area contributed by atoms with Crippen LogP contribution in [0.15, 0.2) is 41.1 Å². The average molecular weight is 755 g/mol. The number of aromatic nitrogens is 6. The smallest absolute Gasteiger partial charge is 0.407 e. The van der Waals surface area contributed by atoms with E-state index in [1.165, 1.54) is 14.2 Å². The van der Waals surface area contributed by atoms with Gasteiger partial charge in [-0.1, -0.05) is 33.8 Å². The highest BCUT2D eigenvalue weighted by molar-refractivity contribution is 5.89. The number of rotatable bonds is 10. The van der Waals surface area contributed by atoms with Gasteiger partial charge in [-0.2, -0.15) is 0 Å². The van der Waals surface area contributed by atoms with Crippen molar-refractivity contribution in [1.29, 1.82) is 0 Å². The summed E-state index contributed by atoms with van der Waals surface area (Å²) < 4.78 is 15.7. The molecule has 2 aliphatic rings. The summed E-state index contributed by atoms with van der Waals surface area (Å²) in [5.41, 5.74) is 4.46. The molecule has 0 bridgehead atoms. The molecule has 4 atom stereocenters. The zero-order valence-corrected chi connectivity index (χ0v) is 31.7. The topological polar surface area (TPSA) is 214 Å². The van der Waals surface area contributed by atoms with Gasteiger partial charge < -0.3 is 44.3 Å². The fourth-order valence-electron chi connectivity index (χ4n) is 7.45. The SMILES string of the molecule is COC(=O)N[C@H](C(=O)N1CCC[C@H]1c1ncc(-c2ccc3nc4cc(-c5cnc([C@@H]6CCCN6C(=O)[C@@H](NC(=O)OC)C(C)C)[nH]5)oc4nc3c2)[nH]1)C(C)C. The molecule has 0 aliphatic carbocycles. The number of benzene rings is 1. The summed E-state index contributed by atoms with van der Waals surface area (Å²) in [4.78, 5) is 80.2. The zero-order valence-electron chi connectivity index (χ0n) is 31.7. The molecule has 4 N–H and O–H groups in total. The van der Waals surface area contributed by atoms with Crippen molar-refractivity contribution < 1.29 is 33.1 Å². The van der Waals surface area contributed by atoms with Crippen molar-refractivity contribution in [2.75, 3.05) is 27.3 Å². The van der Waals surface area contributed by atoms with E-state index in [1.54, 1.807) is 28.3 Å². The molecule has 17 nitrogen and oxygen atoms in total. The van der Waals surface area contributed by atoms with Crippen LogP contribution >= 0.6 is 0 Å². The van der Waals surface area contributed by atoms with E-state index in [0.717, 1.165) is 36.9 Å². The highest BCUT2D eigenvalue weighted by Crippen LogP contribution is 2.35. The monoisotopic (exact) mass is 754 g/mol. The highest BCUT2D eigenvalue weighted by Gasteiger charge is 2.39. The third-order valence-corrected chi connectivity index (χ3v) is 10.4. The molecule has 4 amide bonds. The van der Waals surface area contributed by atoms with E-state index < -0.39 is 24.3 Å². The molecule has 17 heteroatoms. The normalized spacial score (nSPS) is 18.3. The van der Waals surface area contributed by atoms with E-state index in [0.29, 0.717) is 58.5 Å². The lowest BCUT2D eigenvalue weighted by atomic mass is 10.0. The molecule has 0 spiro atoms. The second kappa shape index (κ2) is 15.4. The fourth-order valence-corrected chi connectivity index (χ4v) is 7.45. The lowest BCUT2D eigenvalue weighted by Crippen LogP contribution is -2.51. The number of nitrogens with one attached hydrogen (secondary N) is 4. The molecular formula is C38H46N10O7. The number of carbonyl (C=O) groups is 4. The number of imidazole rings is 2. The second-order valence-electron chi connectivity index (χ2n) is 14.7. The average Bonchev–Trinajstić information content (AvgIpc) is 4.02. The van der Waals surface area contributed by atoms with Crippen LogP contribution in [-0.4, -0.2) is 103 Å². The van der Waals surface area contributed by atoms with Crippen molar-refractivity contribution in [2.24, 2.45) is 11.8 Å². The maximum atomic E-state index is 13.6. The molecule has 5 aromatic rings. The van der Waals surface area contributed by atoms with E-state index >= 15 is 0 Å². The van der Waals surface area contributed by atoms with E-state index in [1.807, 2.05) is 45.9 Å². The molecule has 0 unspecified atom stereocenters. The number of hydrogen-bond donors (Lipinski definition) is 4. The number of amides is 4. The number of methoxy groups -OCH3 is 2. The van der Waals surface area contributed by atoms with Crippen molar-refractivity contribution >= 4 is 46.3 Å². The van der Waals surface area contributed by atoms with Crippen LogP contribution in [0, 0.1) is 11.8 Å². The van der Waals surface area contributed by atoms with Crippen molar-refractivity contribution in [3.05, 3.63) is 48.3 Å². The van der Waals surface area contributed by atoms with E-state index in [2.05, 4.69) is 30.6 Å². The number of furan rings is 1. The maximum absolute atomic E-state index is 13.6. The van der Waals surface area contributed by atoms with Crippen LogP contribution in [0.3, 0.4) is 0 Å².